The highest BCUT2D eigenvalue weighted by Crippen LogP contribution is 2.25. The van der Waals surface area contributed by atoms with E-state index >= 15 is 0 Å². The van der Waals surface area contributed by atoms with Gasteiger partial charge in [0.15, 0.2) is 0 Å². The van der Waals surface area contributed by atoms with E-state index in [2.05, 4.69) is 5.32 Å². The lowest BCUT2D eigenvalue weighted by molar-refractivity contribution is 0.0955. The zero-order chi connectivity index (χ0) is 17.8. The van der Waals surface area contributed by atoms with Crippen molar-refractivity contribution < 1.29 is 14.3 Å². The minimum Gasteiger partial charge on any atom is -0.497 e. The summed E-state index contributed by atoms with van der Waals surface area (Å²) in [5.74, 6) is 1.50. The lowest BCUT2D eigenvalue weighted by atomic mass is 10.1. The summed E-state index contributed by atoms with van der Waals surface area (Å²) < 4.78 is 12.4. The Morgan fingerprint density at radius 1 is 1.04 bits per heavy atom. The van der Waals surface area contributed by atoms with Gasteiger partial charge in [-0.25, -0.2) is 0 Å². The number of hydrogen-bond donors (Lipinski definition) is 1. The van der Waals surface area contributed by atoms with Crippen molar-refractivity contribution in [2.24, 2.45) is 7.05 Å². The number of hydrogen-bond acceptors (Lipinski definition) is 3. The van der Waals surface area contributed by atoms with E-state index < -0.39 is 0 Å². The fourth-order valence-corrected chi connectivity index (χ4v) is 2.89. The Balaban J connectivity index is 1.69. The van der Waals surface area contributed by atoms with Crippen LogP contribution in [-0.4, -0.2) is 31.2 Å². The molecule has 0 radical (unpaired) electrons. The molecule has 130 valence electrons. The number of aromatic nitrogens is 1. The molecule has 2 aromatic carbocycles. The predicted molar refractivity (Wildman–Crippen MR) is 98.5 cm³/mol. The first kappa shape index (κ1) is 16.9. The second-order valence-electron chi connectivity index (χ2n) is 5.89. The van der Waals surface area contributed by atoms with Gasteiger partial charge in [0.2, 0.25) is 0 Å². The van der Waals surface area contributed by atoms with Crippen LogP contribution in [0.2, 0.25) is 0 Å². The second-order valence-corrected chi connectivity index (χ2v) is 5.89. The van der Waals surface area contributed by atoms with Crippen LogP contribution in [0.25, 0.3) is 10.9 Å². The fourth-order valence-electron chi connectivity index (χ4n) is 2.89. The molecular weight excluding hydrogens is 316 g/mol. The van der Waals surface area contributed by atoms with Crippen LogP contribution in [0.5, 0.6) is 11.5 Å². The summed E-state index contributed by atoms with van der Waals surface area (Å²) >= 11 is 0. The number of carbonyl (C=O) groups is 1. The molecule has 0 spiro atoms. The van der Waals surface area contributed by atoms with Gasteiger partial charge in [-0.05, 0) is 42.3 Å². The number of amides is 1. The van der Waals surface area contributed by atoms with E-state index in [0.29, 0.717) is 12.1 Å². The first-order valence-electron chi connectivity index (χ1n) is 8.16. The van der Waals surface area contributed by atoms with Crippen LogP contribution < -0.4 is 14.8 Å². The summed E-state index contributed by atoms with van der Waals surface area (Å²) in [5, 5.41) is 3.89. The molecule has 5 nitrogen and oxygen atoms in total. The average molecular weight is 338 g/mol. The molecule has 5 heteroatoms. The molecule has 1 heterocycles. The van der Waals surface area contributed by atoms with Gasteiger partial charge in [-0.1, -0.05) is 12.1 Å². The molecule has 0 fully saturated rings. The summed E-state index contributed by atoms with van der Waals surface area (Å²) in [6.07, 6.45) is 2.62. The van der Waals surface area contributed by atoms with Gasteiger partial charge in [0, 0.05) is 30.7 Å². The first-order chi connectivity index (χ1) is 12.1. The zero-order valence-electron chi connectivity index (χ0n) is 14.7. The largest absolute Gasteiger partial charge is 0.497 e. The van der Waals surface area contributed by atoms with Crippen LogP contribution >= 0.6 is 0 Å². The van der Waals surface area contributed by atoms with Gasteiger partial charge in [0.05, 0.1) is 19.8 Å². The third-order valence-electron chi connectivity index (χ3n) is 4.30. The Labute approximate surface area is 147 Å². The number of aryl methyl sites for hydroxylation is 1. The Hall–Kier alpha value is -2.95. The number of fused-ring (bicyclic) bond motifs is 1. The average Bonchev–Trinajstić information content (AvgIpc) is 2.98. The van der Waals surface area contributed by atoms with E-state index in [0.717, 1.165) is 34.4 Å². The highest BCUT2D eigenvalue weighted by molar-refractivity contribution is 6.07. The molecule has 3 aromatic rings. The van der Waals surface area contributed by atoms with Crippen molar-refractivity contribution in [1.29, 1.82) is 0 Å². The summed E-state index contributed by atoms with van der Waals surface area (Å²) in [7, 11) is 5.20. The second kappa shape index (κ2) is 7.30. The first-order valence-corrected chi connectivity index (χ1v) is 8.16. The number of nitrogens with one attached hydrogen (secondary N) is 1. The van der Waals surface area contributed by atoms with Crippen LogP contribution in [0.3, 0.4) is 0 Å². The Morgan fingerprint density at radius 2 is 1.72 bits per heavy atom. The van der Waals surface area contributed by atoms with Crippen molar-refractivity contribution in [1.82, 2.24) is 9.88 Å². The lowest BCUT2D eigenvalue weighted by Gasteiger charge is -2.06. The molecule has 1 amide bonds. The molecule has 0 aliphatic heterocycles. The van der Waals surface area contributed by atoms with Gasteiger partial charge in [0.1, 0.15) is 11.5 Å². The summed E-state index contributed by atoms with van der Waals surface area (Å²) in [6.45, 7) is 0.575. The van der Waals surface area contributed by atoms with Crippen molar-refractivity contribution in [2.75, 3.05) is 20.8 Å². The fraction of sp³-hybridized carbons (Fsp3) is 0.250. The van der Waals surface area contributed by atoms with Crippen molar-refractivity contribution in [2.45, 2.75) is 6.42 Å². The smallest absolute Gasteiger partial charge is 0.253 e. The third-order valence-corrected chi connectivity index (χ3v) is 4.30. The molecule has 0 atom stereocenters. The van der Waals surface area contributed by atoms with Gasteiger partial charge >= 0.3 is 0 Å². The van der Waals surface area contributed by atoms with Crippen molar-refractivity contribution in [3.63, 3.8) is 0 Å². The minimum absolute atomic E-state index is 0.0765. The molecule has 1 aromatic heterocycles. The van der Waals surface area contributed by atoms with Crippen molar-refractivity contribution in [3.05, 3.63) is 59.8 Å². The highest BCUT2D eigenvalue weighted by atomic mass is 16.5. The molecule has 0 saturated carbocycles. The van der Waals surface area contributed by atoms with Crippen LogP contribution in [0.4, 0.5) is 0 Å². The van der Waals surface area contributed by atoms with Crippen molar-refractivity contribution >= 4 is 16.8 Å². The van der Waals surface area contributed by atoms with Gasteiger partial charge < -0.3 is 19.4 Å². The highest BCUT2D eigenvalue weighted by Gasteiger charge is 2.14. The number of benzene rings is 2. The molecule has 3 rings (SSSR count). The van der Waals surface area contributed by atoms with Gasteiger partial charge in [0.25, 0.3) is 5.91 Å². The molecule has 25 heavy (non-hydrogen) atoms. The molecule has 0 saturated heterocycles. The number of ether oxygens (including phenoxy) is 2. The molecule has 0 bridgehead atoms. The molecular formula is C20H22N2O3. The predicted octanol–water partition coefficient (Wildman–Crippen LogP) is 3.17. The topological polar surface area (TPSA) is 52.5 Å². The SMILES string of the molecule is COc1ccc(CCNC(=O)c2cn(C)c3ccc(OC)cc23)cc1. The van der Waals surface area contributed by atoms with Crippen LogP contribution in [0.15, 0.2) is 48.7 Å². The summed E-state index contributed by atoms with van der Waals surface area (Å²) in [4.78, 5) is 12.6. The van der Waals surface area contributed by atoms with E-state index in [1.165, 1.54) is 0 Å². The van der Waals surface area contributed by atoms with Crippen LogP contribution in [0, 0.1) is 0 Å². The monoisotopic (exact) mass is 338 g/mol. The lowest BCUT2D eigenvalue weighted by Crippen LogP contribution is -2.25. The van der Waals surface area contributed by atoms with E-state index in [-0.39, 0.29) is 5.91 Å². The summed E-state index contributed by atoms with van der Waals surface area (Å²) in [5.41, 5.74) is 2.81. The Bertz CT molecular complexity index is 882. The molecule has 1 N–H and O–H groups in total. The van der Waals surface area contributed by atoms with E-state index in [4.69, 9.17) is 9.47 Å². The summed E-state index contributed by atoms with van der Waals surface area (Å²) in [6, 6.07) is 13.6. The minimum atomic E-state index is -0.0765. The Kier molecular flexibility index (Phi) is 4.93. The molecule has 0 aliphatic rings. The quantitative estimate of drug-likeness (QED) is 0.751. The molecule has 0 unspecified atom stereocenters. The van der Waals surface area contributed by atoms with Gasteiger partial charge in [-0.15, -0.1) is 0 Å². The van der Waals surface area contributed by atoms with E-state index in [1.807, 2.05) is 60.3 Å². The standard InChI is InChI=1S/C20H22N2O3/c1-22-13-18(17-12-16(25-3)8-9-19(17)22)20(23)21-11-10-14-4-6-15(24-2)7-5-14/h4-9,12-13H,10-11H2,1-3H3,(H,21,23). The molecule has 0 aliphatic carbocycles. The van der Waals surface area contributed by atoms with E-state index in [1.54, 1.807) is 14.2 Å². The number of nitrogens with zero attached hydrogens (tertiary/aromatic N) is 1. The zero-order valence-corrected chi connectivity index (χ0v) is 14.7. The van der Waals surface area contributed by atoms with E-state index in [9.17, 15) is 4.79 Å². The normalized spacial score (nSPS) is 10.7. The van der Waals surface area contributed by atoms with Gasteiger partial charge in [-0.3, -0.25) is 4.79 Å². The Morgan fingerprint density at radius 3 is 2.40 bits per heavy atom. The maximum absolute atomic E-state index is 12.6. The van der Waals surface area contributed by atoms with Gasteiger partial charge in [-0.2, -0.15) is 0 Å². The maximum atomic E-state index is 12.6. The number of methoxy groups -OCH3 is 2. The van der Waals surface area contributed by atoms with Crippen molar-refractivity contribution in [3.8, 4) is 11.5 Å². The number of rotatable bonds is 6. The third kappa shape index (κ3) is 3.60. The maximum Gasteiger partial charge on any atom is 0.253 e. The number of carbonyl (C=O) groups excluding carboxylic acids is 1. The van der Waals surface area contributed by atoms with Crippen LogP contribution in [-0.2, 0) is 13.5 Å². The van der Waals surface area contributed by atoms with Crippen LogP contribution in [0.1, 0.15) is 15.9 Å².